The van der Waals surface area contributed by atoms with E-state index < -0.39 is 11.2 Å². The lowest BCUT2D eigenvalue weighted by Gasteiger charge is -2.34. The van der Waals surface area contributed by atoms with Crippen LogP contribution in [0.15, 0.2) is 6.20 Å². The molecule has 2 N–H and O–H groups in total. The van der Waals surface area contributed by atoms with Crippen LogP contribution >= 0.6 is 0 Å². The van der Waals surface area contributed by atoms with E-state index >= 15 is 0 Å². The predicted octanol–water partition coefficient (Wildman–Crippen LogP) is 2.79. The number of nitrogens with one attached hydrogen (secondary N) is 2. The molecule has 0 radical (unpaired) electrons. The molecule has 3 saturated heterocycles. The van der Waals surface area contributed by atoms with E-state index in [-0.39, 0.29) is 11.5 Å². The van der Waals surface area contributed by atoms with E-state index in [1.807, 2.05) is 6.20 Å². The summed E-state index contributed by atoms with van der Waals surface area (Å²) >= 11 is -1.05. The summed E-state index contributed by atoms with van der Waals surface area (Å²) in [5.74, 6) is 2.32. The third kappa shape index (κ3) is 5.18. The number of piperidine rings is 1. The van der Waals surface area contributed by atoms with Gasteiger partial charge in [-0.1, -0.05) is 6.92 Å². The highest BCUT2D eigenvalue weighted by Crippen LogP contribution is 2.52. The molecule has 5 heterocycles. The van der Waals surface area contributed by atoms with E-state index in [0.717, 1.165) is 102 Å². The summed E-state index contributed by atoms with van der Waals surface area (Å²) in [5, 5.41) is 7.10. The molecular weight excluding hydrogens is 486 g/mol. The van der Waals surface area contributed by atoms with Gasteiger partial charge in [0.15, 0.2) is 11.2 Å². The molecule has 3 atom stereocenters. The minimum Gasteiger partial charge on any atom is -0.369 e. The van der Waals surface area contributed by atoms with E-state index in [1.165, 1.54) is 6.42 Å². The smallest absolute Gasteiger partial charge is 0.224 e. The lowest BCUT2D eigenvalue weighted by atomic mass is 9.87. The van der Waals surface area contributed by atoms with Crippen molar-refractivity contribution in [2.24, 2.45) is 11.3 Å². The normalized spacial score (nSPS) is 32.4. The lowest BCUT2D eigenvalue weighted by Crippen LogP contribution is -2.45. The highest BCUT2D eigenvalue weighted by molar-refractivity contribution is 7.80. The number of anilines is 2. The SMILES string of the molecule is CC1CCCC(=O)C2(CC2)c2cnc(NC3CCN(S(=O)N4CCC5(CCN(C)C5)C4)CC3)nc2NC1. The van der Waals surface area contributed by atoms with E-state index in [0.29, 0.717) is 29.5 Å². The van der Waals surface area contributed by atoms with Crippen molar-refractivity contribution in [1.82, 2.24) is 23.5 Å². The number of hydrogen-bond acceptors (Lipinski definition) is 7. The van der Waals surface area contributed by atoms with E-state index in [9.17, 15) is 9.00 Å². The van der Waals surface area contributed by atoms with Gasteiger partial charge in [-0.2, -0.15) is 4.98 Å². The topological polar surface area (TPSA) is 93.7 Å². The minimum absolute atomic E-state index is 0.259. The number of nitrogens with zero attached hydrogens (tertiary/aromatic N) is 5. The Bertz CT molecular complexity index is 1040. The molecule has 2 spiro atoms. The molecule has 4 aliphatic heterocycles. The molecule has 4 fully saturated rings. The fourth-order valence-corrected chi connectivity index (χ4v) is 8.49. The first-order valence-electron chi connectivity index (χ1n) is 14.4. The van der Waals surface area contributed by atoms with Crippen LogP contribution in [-0.4, -0.2) is 92.4 Å². The van der Waals surface area contributed by atoms with Crippen molar-refractivity contribution >= 4 is 28.7 Å². The summed E-state index contributed by atoms with van der Waals surface area (Å²) in [5.41, 5.74) is 0.970. The van der Waals surface area contributed by atoms with Crippen molar-refractivity contribution < 1.29 is 9.00 Å². The molecule has 1 saturated carbocycles. The summed E-state index contributed by atoms with van der Waals surface area (Å²) in [6, 6.07) is 0.259. The zero-order chi connectivity index (χ0) is 25.6. The van der Waals surface area contributed by atoms with Gasteiger partial charge in [-0.3, -0.25) is 4.79 Å². The highest BCUT2D eigenvalue weighted by Gasteiger charge is 2.52. The van der Waals surface area contributed by atoms with Crippen molar-refractivity contribution in [3.8, 4) is 0 Å². The number of fused-ring (bicyclic) bond motifs is 2. The molecule has 0 amide bonds. The zero-order valence-electron chi connectivity index (χ0n) is 22.5. The largest absolute Gasteiger partial charge is 0.369 e. The first-order valence-corrected chi connectivity index (χ1v) is 15.4. The Morgan fingerprint density at radius 1 is 1.05 bits per heavy atom. The van der Waals surface area contributed by atoms with Crippen LogP contribution in [0, 0.1) is 11.3 Å². The van der Waals surface area contributed by atoms with Crippen molar-refractivity contribution in [1.29, 1.82) is 0 Å². The Morgan fingerprint density at radius 2 is 1.84 bits per heavy atom. The van der Waals surface area contributed by atoms with Crippen LogP contribution in [0.25, 0.3) is 0 Å². The number of likely N-dealkylation sites (tertiary alicyclic amines) is 1. The maximum Gasteiger partial charge on any atom is 0.224 e. The van der Waals surface area contributed by atoms with Gasteiger partial charge in [0.25, 0.3) is 0 Å². The van der Waals surface area contributed by atoms with Gasteiger partial charge < -0.3 is 15.5 Å². The maximum absolute atomic E-state index is 13.3. The Hall–Kier alpha value is -1.62. The van der Waals surface area contributed by atoms with Crippen LogP contribution in [0.1, 0.15) is 70.3 Å². The van der Waals surface area contributed by atoms with Gasteiger partial charge in [0.1, 0.15) is 11.6 Å². The van der Waals surface area contributed by atoms with Crippen LogP contribution in [0.4, 0.5) is 11.8 Å². The first-order chi connectivity index (χ1) is 17.9. The van der Waals surface area contributed by atoms with E-state index in [2.05, 4.69) is 43.1 Å². The second-order valence-corrected chi connectivity index (χ2v) is 14.0. The van der Waals surface area contributed by atoms with Gasteiger partial charge in [0.05, 0.1) is 5.41 Å². The number of rotatable bonds is 4. The standard InChI is InChI=1S/C27H43N7O2S/c1-20-4-3-5-23(35)27(8-9-27)22-17-29-25(31-24(22)28-16-20)30-21-6-12-33(13-7-21)37(36)34-15-11-26(19-34)10-14-32(2)18-26/h17,20-21H,3-16,18-19H2,1-2H3,(H2,28,29,30,31). The van der Waals surface area contributed by atoms with Crippen molar-refractivity contribution in [2.45, 2.75) is 76.2 Å². The van der Waals surface area contributed by atoms with Crippen LogP contribution in [-0.2, 0) is 21.4 Å². The molecule has 1 aromatic heterocycles. The molecule has 0 bridgehead atoms. The average molecular weight is 530 g/mol. The number of hydrogen-bond donors (Lipinski definition) is 2. The number of ketones is 1. The third-order valence-electron chi connectivity index (χ3n) is 9.57. The van der Waals surface area contributed by atoms with Gasteiger partial charge in [0.2, 0.25) is 5.95 Å². The van der Waals surface area contributed by atoms with Gasteiger partial charge in [-0.15, -0.1) is 0 Å². The number of carbonyl (C=O) groups excluding carboxylic acids is 1. The molecule has 1 aliphatic carbocycles. The average Bonchev–Trinajstić information content (AvgIpc) is 3.48. The maximum atomic E-state index is 13.3. The first kappa shape index (κ1) is 25.6. The second-order valence-electron chi connectivity index (χ2n) is 12.5. The Kier molecular flexibility index (Phi) is 7.05. The fraction of sp³-hybridized carbons (Fsp3) is 0.815. The number of aromatic nitrogens is 2. The molecule has 9 nitrogen and oxygen atoms in total. The molecule has 10 heteroatoms. The van der Waals surface area contributed by atoms with Crippen molar-refractivity contribution in [2.75, 3.05) is 63.5 Å². The van der Waals surface area contributed by atoms with Crippen LogP contribution in [0.2, 0.25) is 0 Å². The summed E-state index contributed by atoms with van der Waals surface area (Å²) in [4.78, 5) is 25.0. The predicted molar refractivity (Wildman–Crippen MR) is 147 cm³/mol. The van der Waals surface area contributed by atoms with Gasteiger partial charge in [-0.25, -0.2) is 17.8 Å². The van der Waals surface area contributed by atoms with Gasteiger partial charge in [0, 0.05) is 63.5 Å². The van der Waals surface area contributed by atoms with E-state index in [4.69, 9.17) is 4.98 Å². The van der Waals surface area contributed by atoms with Gasteiger partial charge in [-0.05, 0) is 76.3 Å². The Balaban J connectivity index is 1.07. The number of Topliss-reactive ketones (excluding diaryl/α,β-unsaturated/α-hetero) is 1. The molecule has 5 aliphatic rings. The summed E-state index contributed by atoms with van der Waals surface area (Å²) in [7, 11) is 2.20. The van der Waals surface area contributed by atoms with Gasteiger partial charge >= 0.3 is 0 Å². The van der Waals surface area contributed by atoms with Crippen LogP contribution < -0.4 is 10.6 Å². The van der Waals surface area contributed by atoms with Crippen molar-refractivity contribution in [3.05, 3.63) is 11.8 Å². The van der Waals surface area contributed by atoms with Crippen molar-refractivity contribution in [3.63, 3.8) is 0 Å². The molecule has 37 heavy (non-hydrogen) atoms. The summed E-state index contributed by atoms with van der Waals surface area (Å²) in [6.45, 7) is 8.92. The molecule has 204 valence electrons. The lowest BCUT2D eigenvalue weighted by molar-refractivity contribution is -0.121. The molecule has 3 unspecified atom stereocenters. The fourth-order valence-electron chi connectivity index (χ4n) is 7.00. The molecule has 6 rings (SSSR count). The minimum atomic E-state index is -1.05. The summed E-state index contributed by atoms with van der Waals surface area (Å²) in [6.07, 6.45) is 10.6. The monoisotopic (exact) mass is 529 g/mol. The number of carbonyl (C=O) groups is 1. The summed E-state index contributed by atoms with van der Waals surface area (Å²) < 4.78 is 17.7. The second kappa shape index (κ2) is 10.2. The third-order valence-corrected chi connectivity index (χ3v) is 11.1. The van der Waals surface area contributed by atoms with E-state index in [1.54, 1.807) is 0 Å². The molecular formula is C27H43N7O2S. The Morgan fingerprint density at radius 3 is 2.57 bits per heavy atom. The molecule has 1 aromatic rings. The van der Waals surface area contributed by atoms with Crippen LogP contribution in [0.5, 0.6) is 0 Å². The Labute approximate surface area is 223 Å². The zero-order valence-corrected chi connectivity index (χ0v) is 23.3. The highest BCUT2D eigenvalue weighted by atomic mass is 32.2. The molecule has 0 aromatic carbocycles. The quantitative estimate of drug-likeness (QED) is 0.620. The van der Waals surface area contributed by atoms with Crippen LogP contribution in [0.3, 0.4) is 0 Å².